The SMILES string of the molecule is CCC1CC2C(=O)N(C3CCCCC3C(=O)O)C(=O)C2C1. The lowest BCUT2D eigenvalue weighted by atomic mass is 9.83. The highest BCUT2D eigenvalue weighted by Gasteiger charge is 2.55. The number of rotatable bonds is 3. The van der Waals surface area contributed by atoms with E-state index in [4.69, 9.17) is 0 Å². The quantitative estimate of drug-likeness (QED) is 0.808. The lowest BCUT2D eigenvalue weighted by Gasteiger charge is -2.35. The molecule has 2 saturated carbocycles. The highest BCUT2D eigenvalue weighted by molar-refractivity contribution is 6.06. The van der Waals surface area contributed by atoms with E-state index < -0.39 is 17.9 Å². The van der Waals surface area contributed by atoms with Crippen molar-refractivity contribution in [2.45, 2.75) is 57.9 Å². The lowest BCUT2D eigenvalue weighted by molar-refractivity contribution is -0.152. The van der Waals surface area contributed by atoms with Crippen molar-refractivity contribution < 1.29 is 19.5 Å². The van der Waals surface area contributed by atoms with E-state index in [0.717, 1.165) is 32.1 Å². The zero-order valence-electron chi connectivity index (χ0n) is 12.5. The third-order valence-corrected chi connectivity index (χ3v) is 5.73. The molecule has 5 nitrogen and oxygen atoms in total. The summed E-state index contributed by atoms with van der Waals surface area (Å²) < 4.78 is 0. The summed E-state index contributed by atoms with van der Waals surface area (Å²) in [5.74, 6) is -1.54. The Balaban J connectivity index is 1.82. The van der Waals surface area contributed by atoms with Crippen molar-refractivity contribution in [3.8, 4) is 0 Å². The van der Waals surface area contributed by atoms with Crippen LogP contribution < -0.4 is 0 Å². The molecule has 5 heteroatoms. The second-order valence-corrected chi connectivity index (χ2v) is 6.80. The first-order valence-corrected chi connectivity index (χ1v) is 8.14. The van der Waals surface area contributed by atoms with Gasteiger partial charge in [0, 0.05) is 0 Å². The zero-order valence-corrected chi connectivity index (χ0v) is 12.5. The number of carbonyl (C=O) groups is 3. The highest BCUT2D eigenvalue weighted by atomic mass is 16.4. The van der Waals surface area contributed by atoms with E-state index in [1.165, 1.54) is 4.90 Å². The number of likely N-dealkylation sites (tertiary alicyclic amines) is 1. The number of nitrogens with zero attached hydrogens (tertiary/aromatic N) is 1. The molecule has 2 amide bonds. The lowest BCUT2D eigenvalue weighted by Crippen LogP contribution is -2.49. The topological polar surface area (TPSA) is 74.7 Å². The summed E-state index contributed by atoms with van der Waals surface area (Å²) in [6.45, 7) is 2.10. The van der Waals surface area contributed by atoms with Crippen molar-refractivity contribution >= 4 is 17.8 Å². The summed E-state index contributed by atoms with van der Waals surface area (Å²) in [5.41, 5.74) is 0. The van der Waals surface area contributed by atoms with Gasteiger partial charge in [-0.1, -0.05) is 26.2 Å². The van der Waals surface area contributed by atoms with Crippen LogP contribution in [-0.2, 0) is 14.4 Å². The maximum Gasteiger partial charge on any atom is 0.308 e. The van der Waals surface area contributed by atoms with Gasteiger partial charge in [-0.2, -0.15) is 0 Å². The molecule has 1 N–H and O–H groups in total. The smallest absolute Gasteiger partial charge is 0.308 e. The van der Waals surface area contributed by atoms with Crippen LogP contribution in [-0.4, -0.2) is 33.8 Å². The van der Waals surface area contributed by atoms with Crippen molar-refractivity contribution in [2.75, 3.05) is 0 Å². The molecule has 1 heterocycles. The fourth-order valence-electron chi connectivity index (χ4n) is 4.52. The Hall–Kier alpha value is -1.39. The Labute approximate surface area is 124 Å². The van der Waals surface area contributed by atoms with Gasteiger partial charge >= 0.3 is 5.97 Å². The van der Waals surface area contributed by atoms with Crippen molar-refractivity contribution in [3.63, 3.8) is 0 Å². The molecule has 3 rings (SSSR count). The van der Waals surface area contributed by atoms with Gasteiger partial charge in [0.05, 0.1) is 23.8 Å². The number of fused-ring (bicyclic) bond motifs is 1. The number of carboxylic acid groups (broad SMARTS) is 1. The van der Waals surface area contributed by atoms with E-state index in [0.29, 0.717) is 18.8 Å². The first kappa shape index (κ1) is 14.5. The molecule has 1 aliphatic heterocycles. The first-order valence-electron chi connectivity index (χ1n) is 8.14. The predicted molar refractivity (Wildman–Crippen MR) is 75.2 cm³/mol. The van der Waals surface area contributed by atoms with E-state index in [9.17, 15) is 19.5 Å². The molecule has 0 bridgehead atoms. The van der Waals surface area contributed by atoms with Crippen LogP contribution in [0.4, 0.5) is 0 Å². The summed E-state index contributed by atoms with van der Waals surface area (Å²) >= 11 is 0. The highest BCUT2D eigenvalue weighted by Crippen LogP contribution is 2.46. The molecule has 116 valence electrons. The minimum absolute atomic E-state index is 0.0981. The van der Waals surface area contributed by atoms with Gasteiger partial charge < -0.3 is 5.11 Å². The van der Waals surface area contributed by atoms with Crippen molar-refractivity contribution in [3.05, 3.63) is 0 Å². The summed E-state index contributed by atoms with van der Waals surface area (Å²) in [5, 5.41) is 9.38. The van der Waals surface area contributed by atoms with Crippen LogP contribution in [0.25, 0.3) is 0 Å². The molecule has 0 spiro atoms. The maximum absolute atomic E-state index is 12.6. The van der Waals surface area contributed by atoms with Crippen molar-refractivity contribution in [1.29, 1.82) is 0 Å². The molecule has 1 saturated heterocycles. The normalized spacial score (nSPS) is 39.7. The first-order chi connectivity index (χ1) is 10.0. The van der Waals surface area contributed by atoms with Crippen LogP contribution in [0.2, 0.25) is 0 Å². The standard InChI is InChI=1S/C16H23NO4/c1-2-9-7-11-12(8-9)15(19)17(14(11)18)13-6-4-3-5-10(13)16(20)21/h9-13H,2-8H2,1H3,(H,20,21). The Kier molecular flexibility index (Phi) is 3.76. The van der Waals surface area contributed by atoms with Crippen molar-refractivity contribution in [2.24, 2.45) is 23.7 Å². The average Bonchev–Trinajstić information content (AvgIpc) is 2.99. The summed E-state index contributed by atoms with van der Waals surface area (Å²) in [6.07, 6.45) is 5.59. The summed E-state index contributed by atoms with van der Waals surface area (Å²) in [4.78, 5) is 38.1. The van der Waals surface area contributed by atoms with E-state index in [2.05, 4.69) is 6.92 Å². The third kappa shape index (κ3) is 2.27. The van der Waals surface area contributed by atoms with Gasteiger partial charge in [-0.05, 0) is 31.6 Å². The van der Waals surface area contributed by atoms with Crippen LogP contribution in [0.3, 0.4) is 0 Å². The second-order valence-electron chi connectivity index (χ2n) is 6.80. The number of amides is 2. The van der Waals surface area contributed by atoms with E-state index in [-0.39, 0.29) is 23.7 Å². The minimum Gasteiger partial charge on any atom is -0.481 e. The van der Waals surface area contributed by atoms with Gasteiger partial charge in [0.15, 0.2) is 0 Å². The fourth-order valence-corrected chi connectivity index (χ4v) is 4.52. The van der Waals surface area contributed by atoms with E-state index in [1.54, 1.807) is 0 Å². The van der Waals surface area contributed by atoms with E-state index >= 15 is 0 Å². The van der Waals surface area contributed by atoms with Crippen LogP contribution in [0.1, 0.15) is 51.9 Å². The third-order valence-electron chi connectivity index (χ3n) is 5.73. The maximum atomic E-state index is 12.6. The molecule has 0 radical (unpaired) electrons. The van der Waals surface area contributed by atoms with Crippen LogP contribution in [0.15, 0.2) is 0 Å². The van der Waals surface area contributed by atoms with Crippen molar-refractivity contribution in [1.82, 2.24) is 4.90 Å². The van der Waals surface area contributed by atoms with Crippen LogP contribution in [0.5, 0.6) is 0 Å². The molecule has 21 heavy (non-hydrogen) atoms. The summed E-state index contributed by atoms with van der Waals surface area (Å²) in [6, 6.07) is -0.415. The Morgan fingerprint density at radius 1 is 1.14 bits per heavy atom. The monoisotopic (exact) mass is 293 g/mol. The average molecular weight is 293 g/mol. The van der Waals surface area contributed by atoms with Gasteiger partial charge in [0.2, 0.25) is 11.8 Å². The number of carboxylic acids is 1. The molecular weight excluding hydrogens is 270 g/mol. The number of hydrogen-bond acceptors (Lipinski definition) is 3. The van der Waals surface area contributed by atoms with Gasteiger partial charge in [-0.3, -0.25) is 19.3 Å². The summed E-state index contributed by atoms with van der Waals surface area (Å²) in [7, 11) is 0. The fraction of sp³-hybridized carbons (Fsp3) is 0.812. The molecular formula is C16H23NO4. The molecule has 2 aliphatic carbocycles. The van der Waals surface area contributed by atoms with Gasteiger partial charge in [-0.25, -0.2) is 0 Å². The molecule has 0 aromatic heterocycles. The molecule has 4 unspecified atom stereocenters. The predicted octanol–water partition coefficient (Wildman–Crippen LogP) is 2.05. The molecule has 0 aromatic rings. The van der Waals surface area contributed by atoms with Gasteiger partial charge in [0.1, 0.15) is 0 Å². The molecule has 4 atom stereocenters. The Bertz CT molecular complexity index is 451. The van der Waals surface area contributed by atoms with Gasteiger partial charge in [0.25, 0.3) is 0 Å². The number of aliphatic carboxylic acids is 1. The molecule has 3 fully saturated rings. The van der Waals surface area contributed by atoms with Crippen LogP contribution >= 0.6 is 0 Å². The van der Waals surface area contributed by atoms with Crippen LogP contribution in [0, 0.1) is 23.7 Å². The van der Waals surface area contributed by atoms with E-state index in [1.807, 2.05) is 0 Å². The second kappa shape index (κ2) is 5.43. The molecule has 0 aromatic carbocycles. The number of carbonyl (C=O) groups excluding carboxylic acids is 2. The Morgan fingerprint density at radius 2 is 1.71 bits per heavy atom. The minimum atomic E-state index is -0.871. The zero-order chi connectivity index (χ0) is 15.1. The number of hydrogen-bond donors (Lipinski definition) is 1. The molecule has 3 aliphatic rings. The number of imide groups is 1. The largest absolute Gasteiger partial charge is 0.481 e. The van der Waals surface area contributed by atoms with Gasteiger partial charge in [-0.15, -0.1) is 0 Å². The Morgan fingerprint density at radius 3 is 2.24 bits per heavy atom.